The highest BCUT2D eigenvalue weighted by Gasteiger charge is 2.37. The molecule has 2 heterocycles. The molecule has 1 aliphatic heterocycles. The highest BCUT2D eigenvalue weighted by atomic mass is 35.5. The van der Waals surface area contributed by atoms with Gasteiger partial charge in [0.2, 0.25) is 17.6 Å². The zero-order chi connectivity index (χ0) is 17.9. The maximum atomic E-state index is 13.1. The third-order valence-corrected chi connectivity index (χ3v) is 5.79. The molecule has 1 atom stereocenters. The number of benzene rings is 1. The molecule has 1 aromatic heterocycles. The van der Waals surface area contributed by atoms with Crippen molar-refractivity contribution in [3.63, 3.8) is 0 Å². The zero-order valence-electron chi connectivity index (χ0n) is 14.9. The lowest BCUT2D eigenvalue weighted by atomic mass is 9.98. The van der Waals surface area contributed by atoms with E-state index in [9.17, 15) is 4.79 Å². The van der Waals surface area contributed by atoms with Crippen LogP contribution in [0.15, 0.2) is 28.8 Å². The van der Waals surface area contributed by atoms with Crippen molar-refractivity contribution in [3.05, 3.63) is 35.2 Å². The van der Waals surface area contributed by atoms with Crippen molar-refractivity contribution in [1.29, 1.82) is 0 Å². The normalized spacial score (nSPS) is 21.7. The average molecular weight is 374 g/mol. The summed E-state index contributed by atoms with van der Waals surface area (Å²) in [5, 5.41) is 4.75. The van der Waals surface area contributed by atoms with Gasteiger partial charge in [-0.2, -0.15) is 4.98 Å². The monoisotopic (exact) mass is 373 g/mol. The van der Waals surface area contributed by atoms with Gasteiger partial charge in [0.15, 0.2) is 0 Å². The van der Waals surface area contributed by atoms with E-state index in [1.54, 1.807) is 0 Å². The van der Waals surface area contributed by atoms with Crippen LogP contribution in [-0.2, 0) is 4.79 Å². The molecule has 1 aliphatic carbocycles. The first-order valence-electron chi connectivity index (χ1n) is 9.62. The number of aromatic nitrogens is 2. The largest absolute Gasteiger partial charge is 0.337 e. The van der Waals surface area contributed by atoms with E-state index in [-0.39, 0.29) is 17.9 Å². The van der Waals surface area contributed by atoms with Gasteiger partial charge in [-0.25, -0.2) is 0 Å². The summed E-state index contributed by atoms with van der Waals surface area (Å²) >= 11 is 6.05. The van der Waals surface area contributed by atoms with Gasteiger partial charge in [-0.05, 0) is 37.8 Å². The summed E-state index contributed by atoms with van der Waals surface area (Å²) in [6, 6.07) is 7.32. The average Bonchev–Trinajstić information content (AvgIpc) is 3.24. The molecule has 2 aliphatic rings. The van der Waals surface area contributed by atoms with Gasteiger partial charge in [-0.15, -0.1) is 0 Å². The fourth-order valence-electron chi connectivity index (χ4n) is 4.16. The van der Waals surface area contributed by atoms with Crippen molar-refractivity contribution in [3.8, 4) is 11.4 Å². The Labute approximate surface area is 158 Å². The molecule has 1 aromatic carbocycles. The number of hydrogen-bond acceptors (Lipinski definition) is 4. The van der Waals surface area contributed by atoms with E-state index in [1.807, 2.05) is 29.2 Å². The maximum absolute atomic E-state index is 13.1. The van der Waals surface area contributed by atoms with Crippen LogP contribution in [0.5, 0.6) is 0 Å². The van der Waals surface area contributed by atoms with Crippen LogP contribution in [0, 0.1) is 5.92 Å². The summed E-state index contributed by atoms with van der Waals surface area (Å²) < 4.78 is 5.54. The van der Waals surface area contributed by atoms with Gasteiger partial charge in [0.25, 0.3) is 0 Å². The standard InChI is InChI=1S/C20H24ClN3O2/c21-16-10-5-9-15(13-16)18-22-19(26-23-18)17-11-6-12-24(17)20(25)14-7-3-1-2-4-8-14/h5,9-10,13-14,17H,1-4,6-8,11-12H2. The zero-order valence-corrected chi connectivity index (χ0v) is 15.6. The van der Waals surface area contributed by atoms with Crippen molar-refractivity contribution in [2.45, 2.75) is 57.4 Å². The lowest BCUT2D eigenvalue weighted by Crippen LogP contribution is -2.35. The van der Waals surface area contributed by atoms with Crippen LogP contribution in [0.1, 0.15) is 63.3 Å². The second-order valence-corrected chi connectivity index (χ2v) is 7.78. The summed E-state index contributed by atoms with van der Waals surface area (Å²) in [5.74, 6) is 1.50. The van der Waals surface area contributed by atoms with Gasteiger partial charge < -0.3 is 9.42 Å². The van der Waals surface area contributed by atoms with E-state index in [1.165, 1.54) is 12.8 Å². The molecule has 5 nitrogen and oxygen atoms in total. The molecule has 0 spiro atoms. The SMILES string of the molecule is O=C(C1CCCCCC1)N1CCCC1c1nc(-c2cccc(Cl)c2)no1. The summed E-state index contributed by atoms with van der Waals surface area (Å²) in [5.41, 5.74) is 0.826. The minimum atomic E-state index is -0.0915. The summed E-state index contributed by atoms with van der Waals surface area (Å²) in [7, 11) is 0. The Morgan fingerprint density at radius 1 is 1.12 bits per heavy atom. The Morgan fingerprint density at radius 2 is 1.92 bits per heavy atom. The molecular formula is C20H24ClN3O2. The molecular weight excluding hydrogens is 350 g/mol. The lowest BCUT2D eigenvalue weighted by molar-refractivity contribution is -0.137. The van der Waals surface area contributed by atoms with Crippen molar-refractivity contribution in [2.75, 3.05) is 6.54 Å². The highest BCUT2D eigenvalue weighted by molar-refractivity contribution is 6.30. The smallest absolute Gasteiger partial charge is 0.249 e. The van der Waals surface area contributed by atoms with Gasteiger partial charge >= 0.3 is 0 Å². The van der Waals surface area contributed by atoms with Crippen molar-refractivity contribution >= 4 is 17.5 Å². The number of rotatable bonds is 3. The quantitative estimate of drug-likeness (QED) is 0.708. The first-order chi connectivity index (χ1) is 12.7. The van der Waals surface area contributed by atoms with Crippen molar-refractivity contribution < 1.29 is 9.32 Å². The third-order valence-electron chi connectivity index (χ3n) is 5.55. The maximum Gasteiger partial charge on any atom is 0.249 e. The number of halogens is 1. The van der Waals surface area contributed by atoms with Crippen LogP contribution in [0.4, 0.5) is 0 Å². The second kappa shape index (κ2) is 7.78. The van der Waals surface area contributed by atoms with E-state index in [2.05, 4.69) is 10.1 Å². The molecule has 0 radical (unpaired) electrons. The van der Waals surface area contributed by atoms with E-state index in [0.29, 0.717) is 16.7 Å². The Balaban J connectivity index is 1.52. The Kier molecular flexibility index (Phi) is 5.25. The van der Waals surface area contributed by atoms with Gasteiger partial charge in [0.05, 0.1) is 0 Å². The van der Waals surface area contributed by atoms with Crippen LogP contribution in [0.3, 0.4) is 0 Å². The Morgan fingerprint density at radius 3 is 2.69 bits per heavy atom. The molecule has 2 aromatic rings. The van der Waals surface area contributed by atoms with Crippen molar-refractivity contribution in [2.24, 2.45) is 5.92 Å². The van der Waals surface area contributed by atoms with Gasteiger partial charge in [0, 0.05) is 23.0 Å². The third kappa shape index (κ3) is 3.63. The molecule has 4 rings (SSSR count). The Hall–Kier alpha value is -1.88. The van der Waals surface area contributed by atoms with Gasteiger partial charge in [-0.1, -0.05) is 54.6 Å². The molecule has 0 N–H and O–H groups in total. The summed E-state index contributed by atoms with van der Waals surface area (Å²) in [6.07, 6.45) is 8.72. The van der Waals surface area contributed by atoms with E-state index >= 15 is 0 Å². The summed E-state index contributed by atoms with van der Waals surface area (Å²) in [4.78, 5) is 19.6. The first kappa shape index (κ1) is 17.5. The molecule has 138 valence electrons. The minimum Gasteiger partial charge on any atom is -0.337 e. The summed E-state index contributed by atoms with van der Waals surface area (Å²) in [6.45, 7) is 0.787. The van der Waals surface area contributed by atoms with Gasteiger partial charge in [-0.3, -0.25) is 4.79 Å². The number of carbonyl (C=O) groups excluding carboxylic acids is 1. The molecule has 26 heavy (non-hydrogen) atoms. The fraction of sp³-hybridized carbons (Fsp3) is 0.550. The molecule has 1 saturated heterocycles. The van der Waals surface area contributed by atoms with Gasteiger partial charge in [0.1, 0.15) is 6.04 Å². The van der Waals surface area contributed by atoms with Crippen LogP contribution in [-0.4, -0.2) is 27.5 Å². The van der Waals surface area contributed by atoms with Crippen LogP contribution < -0.4 is 0 Å². The molecule has 0 bridgehead atoms. The van der Waals surface area contributed by atoms with Crippen LogP contribution in [0.25, 0.3) is 11.4 Å². The highest BCUT2D eigenvalue weighted by Crippen LogP contribution is 2.35. The first-order valence-corrected chi connectivity index (χ1v) is 10.0. The minimum absolute atomic E-state index is 0.0915. The van der Waals surface area contributed by atoms with E-state index in [0.717, 1.165) is 50.6 Å². The number of amides is 1. The number of hydrogen-bond donors (Lipinski definition) is 0. The molecule has 6 heteroatoms. The fourth-order valence-corrected chi connectivity index (χ4v) is 4.35. The lowest BCUT2D eigenvalue weighted by Gasteiger charge is -2.26. The Bertz CT molecular complexity index is 768. The van der Waals surface area contributed by atoms with E-state index in [4.69, 9.17) is 16.1 Å². The molecule has 1 unspecified atom stereocenters. The van der Waals surface area contributed by atoms with E-state index < -0.39 is 0 Å². The molecule has 1 amide bonds. The number of nitrogens with zero attached hydrogens (tertiary/aromatic N) is 3. The molecule has 2 fully saturated rings. The number of likely N-dealkylation sites (tertiary alicyclic amines) is 1. The predicted molar refractivity (Wildman–Crippen MR) is 99.6 cm³/mol. The molecule has 1 saturated carbocycles. The van der Waals surface area contributed by atoms with Crippen LogP contribution >= 0.6 is 11.6 Å². The topological polar surface area (TPSA) is 59.2 Å². The predicted octanol–water partition coefficient (Wildman–Crippen LogP) is 5.02. The van der Waals surface area contributed by atoms with Crippen molar-refractivity contribution in [1.82, 2.24) is 15.0 Å². The second-order valence-electron chi connectivity index (χ2n) is 7.34. The number of carbonyl (C=O) groups is 1. The van der Waals surface area contributed by atoms with Crippen LogP contribution in [0.2, 0.25) is 5.02 Å².